The summed E-state index contributed by atoms with van der Waals surface area (Å²) in [5.41, 5.74) is 3.98. The maximum absolute atomic E-state index is 6.06. The summed E-state index contributed by atoms with van der Waals surface area (Å²) in [5, 5.41) is 1.88. The fraction of sp³-hybridized carbons (Fsp3) is 0.625. The lowest BCUT2D eigenvalue weighted by atomic mass is 9.90. The Balaban J connectivity index is 2.01. The van der Waals surface area contributed by atoms with Crippen molar-refractivity contribution < 1.29 is 4.74 Å². The second-order valence-corrected chi connectivity index (χ2v) is 8.30. The van der Waals surface area contributed by atoms with Crippen LogP contribution in [0.2, 0.25) is 0 Å². The van der Waals surface area contributed by atoms with Gasteiger partial charge >= 0.3 is 0 Å². The Kier molecular flexibility index (Phi) is 5.10. The van der Waals surface area contributed by atoms with Gasteiger partial charge in [0.1, 0.15) is 4.83 Å². The van der Waals surface area contributed by atoms with Crippen molar-refractivity contribution in [1.82, 2.24) is 9.97 Å². The number of thiophene rings is 1. The van der Waals surface area contributed by atoms with Crippen LogP contribution in [0, 0.1) is 0 Å². The Morgan fingerprint density at radius 2 is 2.22 bits per heavy atom. The van der Waals surface area contributed by atoms with E-state index in [2.05, 4.69) is 31.2 Å². The summed E-state index contributed by atoms with van der Waals surface area (Å²) in [5.74, 6) is 7.53. The van der Waals surface area contributed by atoms with Gasteiger partial charge in [-0.05, 0) is 25.3 Å². The summed E-state index contributed by atoms with van der Waals surface area (Å²) in [6.07, 6.45) is 4.22. The summed E-state index contributed by atoms with van der Waals surface area (Å²) in [6, 6.07) is 0. The van der Waals surface area contributed by atoms with Crippen molar-refractivity contribution in [3.05, 3.63) is 10.4 Å². The summed E-state index contributed by atoms with van der Waals surface area (Å²) < 4.78 is 6.06. The summed E-state index contributed by atoms with van der Waals surface area (Å²) in [7, 11) is 0. The number of nitrogens with two attached hydrogens (primary N) is 1. The highest BCUT2D eigenvalue weighted by molar-refractivity contribution is 7.99. The van der Waals surface area contributed by atoms with Gasteiger partial charge in [-0.1, -0.05) is 32.0 Å². The topological polar surface area (TPSA) is 73.1 Å². The van der Waals surface area contributed by atoms with E-state index in [0.717, 1.165) is 39.8 Å². The molecule has 3 N–H and O–H groups in total. The predicted molar refractivity (Wildman–Crippen MR) is 98.0 cm³/mol. The molecule has 0 saturated carbocycles. The molecule has 3 rings (SSSR count). The van der Waals surface area contributed by atoms with Gasteiger partial charge in [0, 0.05) is 17.1 Å². The monoisotopic (exact) mass is 352 g/mol. The molecule has 2 aromatic rings. The Morgan fingerprint density at radius 3 is 2.91 bits per heavy atom. The molecule has 0 bridgehead atoms. The second-order valence-electron chi connectivity index (χ2n) is 6.15. The quantitative estimate of drug-likeness (QED) is 0.268. The number of nitrogen functional groups attached to an aromatic ring is 1. The van der Waals surface area contributed by atoms with Crippen LogP contribution in [-0.4, -0.2) is 21.3 Å². The van der Waals surface area contributed by atoms with Gasteiger partial charge in [0.05, 0.1) is 17.6 Å². The smallest absolute Gasteiger partial charge is 0.190 e. The average Bonchev–Trinajstić information content (AvgIpc) is 2.92. The van der Waals surface area contributed by atoms with Gasteiger partial charge < -0.3 is 10.2 Å². The lowest BCUT2D eigenvalue weighted by Gasteiger charge is -2.33. The van der Waals surface area contributed by atoms with Crippen molar-refractivity contribution in [3.63, 3.8) is 0 Å². The summed E-state index contributed by atoms with van der Waals surface area (Å²) in [4.78, 5) is 11.7. The minimum absolute atomic E-state index is 0.110. The van der Waals surface area contributed by atoms with Crippen molar-refractivity contribution in [2.75, 3.05) is 11.2 Å². The SMILES string of the molecule is CCCCSc1nc(NN)c2c3c(sc2n1)COC(C)(CC)C3. The molecule has 0 aromatic carbocycles. The standard InChI is InChI=1S/C16H24N4OS2/c1-4-6-7-22-15-18-13(20-17)12-10-8-16(3,5-2)21-9-11(10)23-14(12)19-15/h4-9,17H2,1-3H3,(H,18,19,20). The van der Waals surface area contributed by atoms with Crippen molar-refractivity contribution in [1.29, 1.82) is 0 Å². The number of nitrogens with one attached hydrogen (secondary N) is 1. The van der Waals surface area contributed by atoms with E-state index in [1.807, 2.05) is 0 Å². The molecule has 5 nitrogen and oxygen atoms in total. The van der Waals surface area contributed by atoms with Gasteiger partial charge in [0.2, 0.25) is 0 Å². The molecule has 0 saturated heterocycles. The molecule has 1 atom stereocenters. The summed E-state index contributed by atoms with van der Waals surface area (Å²) >= 11 is 3.41. The first-order chi connectivity index (χ1) is 11.1. The molecule has 0 aliphatic carbocycles. The van der Waals surface area contributed by atoms with Crippen LogP contribution in [0.25, 0.3) is 10.2 Å². The van der Waals surface area contributed by atoms with Gasteiger partial charge in [-0.2, -0.15) is 0 Å². The molecule has 2 aromatic heterocycles. The fourth-order valence-electron chi connectivity index (χ4n) is 2.76. The Bertz CT molecular complexity index is 703. The molecule has 1 unspecified atom stereocenters. The van der Waals surface area contributed by atoms with E-state index in [9.17, 15) is 0 Å². The molecule has 1 aliphatic rings. The fourth-order valence-corrected chi connectivity index (χ4v) is 4.84. The first-order valence-corrected chi connectivity index (χ1v) is 9.96. The van der Waals surface area contributed by atoms with Gasteiger partial charge in [0.15, 0.2) is 11.0 Å². The normalized spacial score (nSPS) is 20.7. The van der Waals surface area contributed by atoms with Crippen molar-refractivity contribution in [3.8, 4) is 0 Å². The van der Waals surface area contributed by atoms with Crippen LogP contribution in [0.1, 0.15) is 50.5 Å². The molecule has 0 radical (unpaired) electrons. The first kappa shape index (κ1) is 17.0. The van der Waals surface area contributed by atoms with E-state index >= 15 is 0 Å². The van der Waals surface area contributed by atoms with E-state index in [0.29, 0.717) is 6.61 Å². The first-order valence-electron chi connectivity index (χ1n) is 8.16. The number of hydrogen-bond acceptors (Lipinski definition) is 7. The Hall–Kier alpha value is -0.890. The zero-order valence-electron chi connectivity index (χ0n) is 13.9. The molecular weight excluding hydrogens is 328 g/mol. The highest BCUT2D eigenvalue weighted by Crippen LogP contribution is 2.42. The average molecular weight is 353 g/mol. The zero-order valence-corrected chi connectivity index (χ0v) is 15.6. The van der Waals surface area contributed by atoms with E-state index in [1.165, 1.54) is 23.3 Å². The molecular formula is C16H24N4OS2. The van der Waals surface area contributed by atoms with Crippen molar-refractivity contribution in [2.45, 2.75) is 63.8 Å². The van der Waals surface area contributed by atoms with Crippen LogP contribution in [0.5, 0.6) is 0 Å². The zero-order chi connectivity index (χ0) is 16.4. The van der Waals surface area contributed by atoms with E-state index in [4.69, 9.17) is 15.6 Å². The number of unbranched alkanes of at least 4 members (excludes halogenated alkanes) is 1. The number of thioether (sulfide) groups is 1. The number of hydrogen-bond donors (Lipinski definition) is 2. The maximum atomic E-state index is 6.06. The third-order valence-electron chi connectivity index (χ3n) is 4.43. The number of ether oxygens (including phenoxy) is 1. The Morgan fingerprint density at radius 1 is 1.39 bits per heavy atom. The van der Waals surface area contributed by atoms with Gasteiger partial charge in [-0.15, -0.1) is 11.3 Å². The lowest BCUT2D eigenvalue weighted by Crippen LogP contribution is -2.34. The number of hydrazine groups is 1. The highest BCUT2D eigenvalue weighted by atomic mass is 32.2. The van der Waals surface area contributed by atoms with Crippen LogP contribution in [-0.2, 0) is 17.8 Å². The third kappa shape index (κ3) is 3.33. The van der Waals surface area contributed by atoms with Crippen LogP contribution >= 0.6 is 23.1 Å². The van der Waals surface area contributed by atoms with Gasteiger partial charge in [-0.25, -0.2) is 15.8 Å². The molecule has 7 heteroatoms. The number of rotatable bonds is 6. The Labute approximate surface area is 145 Å². The molecule has 126 valence electrons. The highest BCUT2D eigenvalue weighted by Gasteiger charge is 2.33. The van der Waals surface area contributed by atoms with Gasteiger partial charge in [0.25, 0.3) is 0 Å². The van der Waals surface area contributed by atoms with E-state index in [-0.39, 0.29) is 5.60 Å². The number of anilines is 1. The molecule has 0 fully saturated rings. The van der Waals surface area contributed by atoms with E-state index < -0.39 is 0 Å². The largest absolute Gasteiger partial charge is 0.369 e. The summed E-state index contributed by atoms with van der Waals surface area (Å²) in [6.45, 7) is 7.18. The lowest BCUT2D eigenvalue weighted by molar-refractivity contribution is -0.0542. The minimum atomic E-state index is -0.110. The van der Waals surface area contributed by atoms with Crippen molar-refractivity contribution >= 4 is 39.1 Å². The van der Waals surface area contributed by atoms with Crippen LogP contribution in [0.15, 0.2) is 5.16 Å². The molecule has 0 amide bonds. The molecule has 23 heavy (non-hydrogen) atoms. The van der Waals surface area contributed by atoms with E-state index in [1.54, 1.807) is 23.1 Å². The number of aromatic nitrogens is 2. The molecule has 0 spiro atoms. The molecule has 1 aliphatic heterocycles. The second kappa shape index (κ2) is 6.93. The van der Waals surface area contributed by atoms with Crippen molar-refractivity contribution in [2.24, 2.45) is 5.84 Å². The van der Waals surface area contributed by atoms with Crippen LogP contribution in [0.4, 0.5) is 5.82 Å². The number of fused-ring (bicyclic) bond motifs is 3. The molecule has 3 heterocycles. The third-order valence-corrected chi connectivity index (χ3v) is 6.46. The van der Waals surface area contributed by atoms with Gasteiger partial charge in [-0.3, -0.25) is 0 Å². The minimum Gasteiger partial charge on any atom is -0.369 e. The van der Waals surface area contributed by atoms with Crippen LogP contribution in [0.3, 0.4) is 0 Å². The van der Waals surface area contributed by atoms with Crippen LogP contribution < -0.4 is 11.3 Å². The number of nitrogens with zero attached hydrogens (tertiary/aromatic N) is 2. The predicted octanol–water partition coefficient (Wildman–Crippen LogP) is 4.11. The maximum Gasteiger partial charge on any atom is 0.190 e.